The summed E-state index contributed by atoms with van der Waals surface area (Å²) in [5.41, 5.74) is 6.54. The second-order valence-electron chi connectivity index (χ2n) is 9.44. The van der Waals surface area contributed by atoms with E-state index in [1.54, 1.807) is 0 Å². The molecule has 160 valence electrons. The molecule has 4 rings (SSSR count). The molecule has 4 heteroatoms. The summed E-state index contributed by atoms with van der Waals surface area (Å²) in [6.45, 7) is 8.81. The molecule has 0 saturated heterocycles. The van der Waals surface area contributed by atoms with Crippen LogP contribution in [0.25, 0.3) is 11.1 Å². The number of carboxylic acids is 1. The first-order valence-electron chi connectivity index (χ1n) is 10.7. The maximum Gasteiger partial charge on any atom is 0.337 e. The molecule has 1 atom stereocenters. The lowest BCUT2D eigenvalue weighted by Crippen LogP contribution is -2.35. The first-order valence-corrected chi connectivity index (χ1v) is 11.1. The van der Waals surface area contributed by atoms with Gasteiger partial charge < -0.3 is 10.4 Å². The van der Waals surface area contributed by atoms with Crippen LogP contribution in [0.3, 0.4) is 0 Å². The smallest absolute Gasteiger partial charge is 0.337 e. The number of fused-ring (bicyclic) bond motifs is 1. The Hall–Kier alpha value is -2.78. The summed E-state index contributed by atoms with van der Waals surface area (Å²) in [5, 5.41) is 13.7. The number of nitrogens with one attached hydrogen (secondary N) is 1. The molecule has 0 fully saturated rings. The summed E-state index contributed by atoms with van der Waals surface area (Å²) in [5.74, 6) is -0.465. The maximum absolute atomic E-state index is 11.8. The van der Waals surface area contributed by atoms with Crippen molar-refractivity contribution >= 4 is 23.3 Å². The summed E-state index contributed by atoms with van der Waals surface area (Å²) in [7, 11) is 0. The second-order valence-corrected chi connectivity index (χ2v) is 9.87. The highest BCUT2D eigenvalue weighted by molar-refractivity contribution is 6.31. The minimum Gasteiger partial charge on any atom is -0.478 e. The number of hydrogen-bond donors (Lipinski definition) is 2. The first kappa shape index (κ1) is 21.5. The average Bonchev–Trinajstić information content (AvgIpc) is 2.72. The zero-order valence-corrected chi connectivity index (χ0v) is 19.1. The standard InChI is InChI=1S/C27H28ClNO2/c1-16(2)17-8-10-18(11-9-17)19-6-5-7-20(12-19)25-27(3,4)15-21-13-22(28)14-23(26(30)31)24(21)29-25/h5-14,16,25,29H,15H2,1-4H3,(H,30,31). The van der Waals surface area contributed by atoms with Crippen LogP contribution in [0.1, 0.15) is 66.7 Å². The third-order valence-corrected chi connectivity index (χ3v) is 6.48. The van der Waals surface area contributed by atoms with Crippen LogP contribution >= 0.6 is 11.6 Å². The van der Waals surface area contributed by atoms with Gasteiger partial charge in [0.1, 0.15) is 0 Å². The maximum atomic E-state index is 11.8. The van der Waals surface area contributed by atoms with Gasteiger partial charge in [0.25, 0.3) is 0 Å². The lowest BCUT2D eigenvalue weighted by atomic mass is 9.72. The quantitative estimate of drug-likeness (QED) is 0.446. The number of carbonyl (C=O) groups is 1. The van der Waals surface area contributed by atoms with E-state index >= 15 is 0 Å². The summed E-state index contributed by atoms with van der Waals surface area (Å²) in [6, 6.07) is 20.6. The molecule has 0 bridgehead atoms. The van der Waals surface area contributed by atoms with Crippen molar-refractivity contribution in [2.75, 3.05) is 5.32 Å². The van der Waals surface area contributed by atoms with E-state index in [1.165, 1.54) is 17.2 Å². The molecule has 1 aliphatic rings. The van der Waals surface area contributed by atoms with Gasteiger partial charge in [-0.05, 0) is 63.8 Å². The molecular weight excluding hydrogens is 406 g/mol. The number of hydrogen-bond acceptors (Lipinski definition) is 2. The number of halogens is 1. The van der Waals surface area contributed by atoms with Crippen LogP contribution in [0.15, 0.2) is 60.7 Å². The van der Waals surface area contributed by atoms with E-state index in [1.807, 2.05) is 6.07 Å². The molecular formula is C27H28ClNO2. The third-order valence-electron chi connectivity index (χ3n) is 6.26. The van der Waals surface area contributed by atoms with Crippen LogP contribution in [0, 0.1) is 5.41 Å². The molecule has 0 saturated carbocycles. The van der Waals surface area contributed by atoms with Crippen LogP contribution in [0.2, 0.25) is 5.02 Å². The van der Waals surface area contributed by atoms with Crippen molar-refractivity contribution in [2.45, 2.75) is 46.1 Å². The van der Waals surface area contributed by atoms with E-state index in [-0.39, 0.29) is 17.0 Å². The molecule has 2 N–H and O–H groups in total. The largest absolute Gasteiger partial charge is 0.478 e. The molecule has 0 aromatic heterocycles. The van der Waals surface area contributed by atoms with Crippen LogP contribution in [-0.2, 0) is 6.42 Å². The van der Waals surface area contributed by atoms with Crippen molar-refractivity contribution in [3.63, 3.8) is 0 Å². The Morgan fingerprint density at radius 3 is 2.42 bits per heavy atom. The van der Waals surface area contributed by atoms with Crippen molar-refractivity contribution < 1.29 is 9.90 Å². The lowest BCUT2D eigenvalue weighted by molar-refractivity contribution is 0.0697. The molecule has 0 radical (unpaired) electrons. The van der Waals surface area contributed by atoms with E-state index in [0.717, 1.165) is 23.1 Å². The average molecular weight is 434 g/mol. The van der Waals surface area contributed by atoms with Gasteiger partial charge in [0.15, 0.2) is 0 Å². The molecule has 1 heterocycles. The van der Waals surface area contributed by atoms with Crippen molar-refractivity contribution in [1.29, 1.82) is 0 Å². The number of aromatic carboxylic acids is 1. The number of anilines is 1. The van der Waals surface area contributed by atoms with E-state index in [2.05, 4.69) is 81.5 Å². The predicted molar refractivity (Wildman–Crippen MR) is 128 cm³/mol. The fraction of sp³-hybridized carbons (Fsp3) is 0.296. The van der Waals surface area contributed by atoms with Crippen molar-refractivity contribution in [3.05, 3.63) is 87.9 Å². The molecule has 3 aromatic rings. The topological polar surface area (TPSA) is 49.3 Å². The third kappa shape index (κ3) is 4.20. The SMILES string of the molecule is CC(C)c1ccc(-c2cccc(C3Nc4c(cc(Cl)cc4C(=O)O)CC3(C)C)c2)cc1. The van der Waals surface area contributed by atoms with Gasteiger partial charge in [-0.15, -0.1) is 0 Å². The van der Waals surface area contributed by atoms with Gasteiger partial charge in [0.05, 0.1) is 17.3 Å². The summed E-state index contributed by atoms with van der Waals surface area (Å²) in [6.07, 6.45) is 0.744. The lowest BCUT2D eigenvalue weighted by Gasteiger charge is -2.42. The zero-order valence-electron chi connectivity index (χ0n) is 18.4. The normalized spacial score (nSPS) is 17.2. The van der Waals surface area contributed by atoms with Crippen LogP contribution in [0.4, 0.5) is 5.69 Å². The molecule has 0 amide bonds. The predicted octanol–water partition coefficient (Wildman–Crippen LogP) is 7.56. The minimum atomic E-state index is -0.969. The van der Waals surface area contributed by atoms with Gasteiger partial charge >= 0.3 is 5.97 Å². The Morgan fingerprint density at radius 1 is 1.06 bits per heavy atom. The summed E-state index contributed by atoms with van der Waals surface area (Å²) in [4.78, 5) is 11.8. The Kier molecular flexibility index (Phi) is 5.57. The number of rotatable bonds is 4. The van der Waals surface area contributed by atoms with Crippen molar-refractivity contribution in [2.24, 2.45) is 5.41 Å². The van der Waals surface area contributed by atoms with Gasteiger partial charge in [-0.25, -0.2) is 4.79 Å². The Labute approximate surface area is 189 Å². The van der Waals surface area contributed by atoms with E-state index in [9.17, 15) is 9.90 Å². The van der Waals surface area contributed by atoms with Gasteiger partial charge in [-0.2, -0.15) is 0 Å². The first-order chi connectivity index (χ1) is 14.7. The van der Waals surface area contributed by atoms with Gasteiger partial charge in [-0.3, -0.25) is 0 Å². The second kappa shape index (κ2) is 8.05. The van der Waals surface area contributed by atoms with Gasteiger partial charge in [0, 0.05) is 5.02 Å². The van der Waals surface area contributed by atoms with E-state index < -0.39 is 5.97 Å². The summed E-state index contributed by atoms with van der Waals surface area (Å²) >= 11 is 6.20. The molecule has 31 heavy (non-hydrogen) atoms. The highest BCUT2D eigenvalue weighted by atomic mass is 35.5. The van der Waals surface area contributed by atoms with Crippen LogP contribution < -0.4 is 5.32 Å². The Morgan fingerprint density at radius 2 is 1.77 bits per heavy atom. The number of carboxylic acid groups (broad SMARTS) is 1. The van der Waals surface area contributed by atoms with Gasteiger partial charge in [0.2, 0.25) is 0 Å². The fourth-order valence-corrected chi connectivity index (χ4v) is 4.81. The van der Waals surface area contributed by atoms with E-state index in [0.29, 0.717) is 16.6 Å². The highest BCUT2D eigenvalue weighted by Crippen LogP contribution is 2.47. The van der Waals surface area contributed by atoms with Crippen LogP contribution in [-0.4, -0.2) is 11.1 Å². The monoisotopic (exact) mass is 433 g/mol. The molecule has 3 aromatic carbocycles. The highest BCUT2D eigenvalue weighted by Gasteiger charge is 2.37. The number of benzene rings is 3. The molecule has 1 aliphatic heterocycles. The Bertz CT molecular complexity index is 1130. The van der Waals surface area contributed by atoms with Gasteiger partial charge in [-0.1, -0.05) is 81.8 Å². The molecule has 0 spiro atoms. The minimum absolute atomic E-state index is 0.0193. The fourth-order valence-electron chi connectivity index (χ4n) is 4.57. The summed E-state index contributed by atoms with van der Waals surface area (Å²) < 4.78 is 0. The van der Waals surface area contributed by atoms with Crippen LogP contribution in [0.5, 0.6) is 0 Å². The molecule has 3 nitrogen and oxygen atoms in total. The molecule has 1 unspecified atom stereocenters. The zero-order chi connectivity index (χ0) is 22.3. The van der Waals surface area contributed by atoms with Crippen molar-refractivity contribution in [1.82, 2.24) is 0 Å². The van der Waals surface area contributed by atoms with E-state index in [4.69, 9.17) is 11.6 Å². The van der Waals surface area contributed by atoms with Crippen molar-refractivity contribution in [3.8, 4) is 11.1 Å². The Balaban J connectivity index is 1.73. The molecule has 0 aliphatic carbocycles.